The van der Waals surface area contributed by atoms with E-state index in [2.05, 4.69) is 24.9 Å². The average molecular weight is 188 g/mol. The Kier molecular flexibility index (Phi) is 4.10. The van der Waals surface area contributed by atoms with E-state index in [0.29, 0.717) is 5.88 Å². The highest BCUT2D eigenvalue weighted by Crippen LogP contribution is 2.37. The van der Waals surface area contributed by atoms with Gasteiger partial charge in [0.25, 0.3) is 0 Å². The summed E-state index contributed by atoms with van der Waals surface area (Å²) in [5, 5.41) is 0. The van der Waals surface area contributed by atoms with Crippen LogP contribution in [0.25, 0.3) is 0 Å². The second-order valence-electron chi connectivity index (χ2n) is 3.82. The lowest BCUT2D eigenvalue weighted by Gasteiger charge is -2.13. The quantitative estimate of drug-likeness (QED) is 0.472. The highest BCUT2D eigenvalue weighted by molar-refractivity contribution is 6.18. The Bertz CT molecular complexity index is 156. The highest BCUT2D eigenvalue weighted by Gasteiger charge is 2.32. The number of halogens is 1. The first-order valence-electron chi connectivity index (χ1n) is 4.63. The SMILES string of the molecule is CC1CC1CN(C)CC=CCCl. The molecule has 0 aliphatic heterocycles. The molecule has 0 aromatic carbocycles. The minimum absolute atomic E-state index is 0.633. The number of allylic oxidation sites excluding steroid dienone is 1. The van der Waals surface area contributed by atoms with Crippen molar-refractivity contribution < 1.29 is 0 Å². The third-order valence-electron chi connectivity index (χ3n) is 2.50. The van der Waals surface area contributed by atoms with Gasteiger partial charge in [0, 0.05) is 19.0 Å². The Morgan fingerprint density at radius 3 is 2.67 bits per heavy atom. The van der Waals surface area contributed by atoms with Crippen LogP contribution in [0.15, 0.2) is 12.2 Å². The van der Waals surface area contributed by atoms with Gasteiger partial charge in [-0.3, -0.25) is 0 Å². The van der Waals surface area contributed by atoms with Crippen LogP contribution in [0.1, 0.15) is 13.3 Å². The smallest absolute Gasteiger partial charge is 0.0404 e. The van der Waals surface area contributed by atoms with E-state index in [-0.39, 0.29) is 0 Å². The maximum absolute atomic E-state index is 5.52. The lowest BCUT2D eigenvalue weighted by atomic mass is 10.3. The molecule has 0 N–H and O–H groups in total. The van der Waals surface area contributed by atoms with Crippen molar-refractivity contribution in [2.24, 2.45) is 11.8 Å². The van der Waals surface area contributed by atoms with E-state index >= 15 is 0 Å². The zero-order chi connectivity index (χ0) is 8.97. The standard InChI is InChI=1S/C10H18ClN/c1-9-7-10(9)8-12(2)6-4-3-5-11/h3-4,9-10H,5-8H2,1-2H3. The molecule has 0 saturated heterocycles. The molecular weight excluding hydrogens is 170 g/mol. The molecule has 1 fully saturated rings. The molecule has 0 aromatic rings. The molecule has 0 aromatic heterocycles. The summed E-state index contributed by atoms with van der Waals surface area (Å²) in [5.74, 6) is 2.55. The number of nitrogens with zero attached hydrogens (tertiary/aromatic N) is 1. The second kappa shape index (κ2) is 4.88. The van der Waals surface area contributed by atoms with Gasteiger partial charge in [0.1, 0.15) is 0 Å². The number of hydrogen-bond acceptors (Lipinski definition) is 1. The van der Waals surface area contributed by atoms with Crippen molar-refractivity contribution in [3.63, 3.8) is 0 Å². The van der Waals surface area contributed by atoms with E-state index in [1.165, 1.54) is 13.0 Å². The molecule has 0 spiro atoms. The lowest BCUT2D eigenvalue weighted by Crippen LogP contribution is -2.21. The largest absolute Gasteiger partial charge is 0.302 e. The predicted octanol–water partition coefficient (Wildman–Crippen LogP) is 2.37. The number of rotatable bonds is 5. The van der Waals surface area contributed by atoms with Crippen LogP contribution in [0.3, 0.4) is 0 Å². The highest BCUT2D eigenvalue weighted by atomic mass is 35.5. The lowest BCUT2D eigenvalue weighted by molar-refractivity contribution is 0.347. The zero-order valence-corrected chi connectivity index (χ0v) is 8.72. The van der Waals surface area contributed by atoms with Crippen molar-refractivity contribution in [1.82, 2.24) is 4.90 Å². The van der Waals surface area contributed by atoms with Crippen molar-refractivity contribution in [3.8, 4) is 0 Å². The predicted molar refractivity (Wildman–Crippen MR) is 54.6 cm³/mol. The van der Waals surface area contributed by atoms with Gasteiger partial charge in [-0.15, -0.1) is 11.6 Å². The molecule has 1 aliphatic rings. The van der Waals surface area contributed by atoms with Crippen LogP contribution in [0, 0.1) is 11.8 Å². The van der Waals surface area contributed by atoms with E-state index in [4.69, 9.17) is 11.6 Å². The minimum atomic E-state index is 0.633. The number of alkyl halides is 1. The minimum Gasteiger partial charge on any atom is -0.302 e. The van der Waals surface area contributed by atoms with Gasteiger partial charge >= 0.3 is 0 Å². The Morgan fingerprint density at radius 2 is 2.17 bits per heavy atom. The van der Waals surface area contributed by atoms with E-state index in [9.17, 15) is 0 Å². The maximum Gasteiger partial charge on any atom is 0.0404 e. The normalized spacial score (nSPS) is 28.7. The summed E-state index contributed by atoms with van der Waals surface area (Å²) in [7, 11) is 2.17. The zero-order valence-electron chi connectivity index (χ0n) is 7.96. The Balaban J connectivity index is 2.04. The molecule has 1 aliphatic carbocycles. The molecule has 2 heteroatoms. The molecular formula is C10H18ClN. The van der Waals surface area contributed by atoms with E-state index in [1.54, 1.807) is 0 Å². The Morgan fingerprint density at radius 1 is 1.50 bits per heavy atom. The summed E-state index contributed by atoms with van der Waals surface area (Å²) in [6, 6.07) is 0. The van der Waals surface area contributed by atoms with Crippen molar-refractivity contribution >= 4 is 11.6 Å². The van der Waals surface area contributed by atoms with Crippen LogP contribution >= 0.6 is 11.6 Å². The van der Waals surface area contributed by atoms with Crippen LogP contribution < -0.4 is 0 Å². The summed E-state index contributed by atoms with van der Waals surface area (Å²) in [6.45, 7) is 4.61. The van der Waals surface area contributed by atoms with Gasteiger partial charge < -0.3 is 4.90 Å². The molecule has 70 valence electrons. The third-order valence-corrected chi connectivity index (χ3v) is 2.67. The first-order chi connectivity index (χ1) is 5.74. The Labute approximate surface area is 80.4 Å². The van der Waals surface area contributed by atoms with Crippen molar-refractivity contribution in [2.75, 3.05) is 26.0 Å². The van der Waals surface area contributed by atoms with Gasteiger partial charge in [-0.2, -0.15) is 0 Å². The van der Waals surface area contributed by atoms with Gasteiger partial charge in [0.2, 0.25) is 0 Å². The first kappa shape index (κ1) is 10.1. The van der Waals surface area contributed by atoms with Crippen LogP contribution in [0.4, 0.5) is 0 Å². The Hall–Kier alpha value is -0.0100. The van der Waals surface area contributed by atoms with Crippen LogP contribution in [0.2, 0.25) is 0 Å². The summed E-state index contributed by atoms with van der Waals surface area (Å²) >= 11 is 5.52. The molecule has 0 bridgehead atoms. The van der Waals surface area contributed by atoms with Crippen molar-refractivity contribution in [2.45, 2.75) is 13.3 Å². The average Bonchev–Trinajstić information content (AvgIpc) is 2.67. The molecule has 1 nitrogen and oxygen atoms in total. The van der Waals surface area contributed by atoms with Gasteiger partial charge in [-0.05, 0) is 25.3 Å². The molecule has 0 heterocycles. The fraction of sp³-hybridized carbons (Fsp3) is 0.800. The van der Waals surface area contributed by atoms with Crippen LogP contribution in [0.5, 0.6) is 0 Å². The fourth-order valence-corrected chi connectivity index (χ4v) is 1.57. The second-order valence-corrected chi connectivity index (χ2v) is 4.13. The van der Waals surface area contributed by atoms with Gasteiger partial charge in [0.05, 0.1) is 0 Å². The third kappa shape index (κ3) is 3.59. The number of hydrogen-bond donors (Lipinski definition) is 0. The van der Waals surface area contributed by atoms with Gasteiger partial charge in [0.15, 0.2) is 0 Å². The molecule has 0 amide bonds. The van der Waals surface area contributed by atoms with Gasteiger partial charge in [-0.25, -0.2) is 0 Å². The maximum atomic E-state index is 5.52. The summed E-state index contributed by atoms with van der Waals surface area (Å²) in [5.41, 5.74) is 0. The molecule has 12 heavy (non-hydrogen) atoms. The summed E-state index contributed by atoms with van der Waals surface area (Å²) < 4.78 is 0. The van der Waals surface area contributed by atoms with Crippen molar-refractivity contribution in [3.05, 3.63) is 12.2 Å². The van der Waals surface area contributed by atoms with Gasteiger partial charge in [-0.1, -0.05) is 19.1 Å². The summed E-state index contributed by atoms with van der Waals surface area (Å²) in [6.07, 6.45) is 5.57. The van der Waals surface area contributed by atoms with E-state index < -0.39 is 0 Å². The molecule has 2 unspecified atom stereocenters. The monoisotopic (exact) mass is 187 g/mol. The topological polar surface area (TPSA) is 3.24 Å². The van der Waals surface area contributed by atoms with Crippen LogP contribution in [-0.2, 0) is 0 Å². The first-order valence-corrected chi connectivity index (χ1v) is 5.17. The molecule has 1 saturated carbocycles. The van der Waals surface area contributed by atoms with E-state index in [1.807, 2.05) is 6.08 Å². The fourth-order valence-electron chi connectivity index (χ4n) is 1.45. The molecule has 1 rings (SSSR count). The molecule has 0 radical (unpaired) electrons. The molecule has 2 atom stereocenters. The van der Waals surface area contributed by atoms with Crippen LogP contribution in [-0.4, -0.2) is 30.9 Å². The number of likely N-dealkylation sites (N-methyl/N-ethyl adjacent to an activating group) is 1. The summed E-state index contributed by atoms with van der Waals surface area (Å²) in [4.78, 5) is 2.36. The van der Waals surface area contributed by atoms with E-state index in [0.717, 1.165) is 18.4 Å². The van der Waals surface area contributed by atoms with Crippen molar-refractivity contribution in [1.29, 1.82) is 0 Å².